The molecule has 1 fully saturated rings. The average Bonchev–Trinajstić information content (AvgIpc) is 2.92. The van der Waals surface area contributed by atoms with Crippen LogP contribution in [0, 0.1) is 0 Å². The van der Waals surface area contributed by atoms with Gasteiger partial charge in [0.2, 0.25) is 0 Å². The van der Waals surface area contributed by atoms with Crippen molar-refractivity contribution in [3.05, 3.63) is 47.3 Å². The van der Waals surface area contributed by atoms with E-state index in [0.29, 0.717) is 25.3 Å². The molecule has 0 radical (unpaired) electrons. The van der Waals surface area contributed by atoms with Crippen molar-refractivity contribution in [1.29, 1.82) is 0 Å². The molecule has 1 aromatic rings. The van der Waals surface area contributed by atoms with Gasteiger partial charge in [0.1, 0.15) is 37.2 Å². The fourth-order valence-corrected chi connectivity index (χ4v) is 4.90. The van der Waals surface area contributed by atoms with Gasteiger partial charge in [-0.15, -0.1) is 0 Å². The lowest BCUT2D eigenvalue weighted by molar-refractivity contribution is -0.126. The standard InChI is InChI=1S/C26H36FN7O4/c1-17(32-38-2)26(37)34-10-8-22(21(27)15-34)31-24-11-23(29-16-30-24)25(36)28-12-20(35)14-33-9-7-18-5-3-4-6-19(18)13-33/h3-6,11,20-22,30-31,35H,7-10,12-16H2,1-2H3,(H,28,36)/t20-,21?,22?/m0/s1. The number of benzene rings is 1. The molecule has 2 unspecified atom stereocenters. The van der Waals surface area contributed by atoms with Crippen molar-refractivity contribution in [2.24, 2.45) is 10.1 Å². The number of aliphatic hydroxyl groups excluding tert-OH is 1. The maximum atomic E-state index is 14.9. The third-order valence-electron chi connectivity index (χ3n) is 6.92. The molecule has 4 N–H and O–H groups in total. The lowest BCUT2D eigenvalue weighted by Crippen LogP contribution is -2.54. The van der Waals surface area contributed by atoms with Crippen molar-refractivity contribution < 1.29 is 23.9 Å². The lowest BCUT2D eigenvalue weighted by Gasteiger charge is -2.36. The molecule has 3 aliphatic rings. The van der Waals surface area contributed by atoms with Crippen LogP contribution in [0.15, 0.2) is 46.3 Å². The molecule has 0 aliphatic carbocycles. The Balaban J connectivity index is 1.23. The molecule has 1 saturated heterocycles. The number of carbonyl (C=O) groups excluding carboxylic acids is 2. The number of piperidine rings is 1. The minimum Gasteiger partial charge on any atom is -0.399 e. The lowest BCUT2D eigenvalue weighted by atomic mass is 10.00. The molecule has 0 bridgehead atoms. The number of rotatable bonds is 9. The summed E-state index contributed by atoms with van der Waals surface area (Å²) < 4.78 is 14.9. The van der Waals surface area contributed by atoms with E-state index in [4.69, 9.17) is 0 Å². The fraction of sp³-hybridized carbons (Fsp3) is 0.538. The largest absolute Gasteiger partial charge is 0.399 e. The minimum absolute atomic E-state index is 0.0672. The number of oxime groups is 1. The molecule has 4 rings (SSSR count). The van der Waals surface area contributed by atoms with E-state index in [1.807, 2.05) is 12.1 Å². The Kier molecular flexibility index (Phi) is 9.29. The molecule has 0 spiro atoms. The Morgan fingerprint density at radius 3 is 2.87 bits per heavy atom. The number of hydrogen-bond donors (Lipinski definition) is 4. The SMILES string of the molecule is CON=C(C)C(=O)N1CCC(NC2=CC(C(=O)NC[C@H](O)CN3CCc4ccccc4C3)=NCN2)C(F)C1. The number of nitrogens with one attached hydrogen (secondary N) is 3. The van der Waals surface area contributed by atoms with Crippen molar-refractivity contribution in [3.63, 3.8) is 0 Å². The molecule has 0 saturated carbocycles. The zero-order valence-electron chi connectivity index (χ0n) is 21.8. The number of carbonyl (C=O) groups is 2. The van der Waals surface area contributed by atoms with Crippen LogP contribution in [0.1, 0.15) is 24.5 Å². The van der Waals surface area contributed by atoms with Gasteiger partial charge in [-0.2, -0.15) is 0 Å². The van der Waals surface area contributed by atoms with E-state index in [9.17, 15) is 19.1 Å². The number of alkyl halides is 1. The fourth-order valence-electron chi connectivity index (χ4n) is 4.90. The first-order valence-electron chi connectivity index (χ1n) is 12.9. The van der Waals surface area contributed by atoms with Gasteiger partial charge < -0.3 is 30.8 Å². The molecule has 0 aromatic heterocycles. The summed E-state index contributed by atoms with van der Waals surface area (Å²) in [4.78, 5) is 37.5. The molecular formula is C26H36FN7O4. The van der Waals surface area contributed by atoms with Gasteiger partial charge in [-0.1, -0.05) is 29.4 Å². The molecule has 1 aromatic carbocycles. The van der Waals surface area contributed by atoms with Crippen LogP contribution in [-0.4, -0.2) is 103 Å². The Morgan fingerprint density at radius 1 is 1.32 bits per heavy atom. The van der Waals surface area contributed by atoms with Crippen LogP contribution >= 0.6 is 0 Å². The molecule has 3 atom stereocenters. The number of hydrogen-bond acceptors (Lipinski definition) is 9. The Morgan fingerprint density at radius 2 is 2.11 bits per heavy atom. The highest BCUT2D eigenvalue weighted by atomic mass is 19.1. The highest BCUT2D eigenvalue weighted by molar-refractivity contribution is 6.43. The van der Waals surface area contributed by atoms with E-state index in [0.717, 1.165) is 19.5 Å². The van der Waals surface area contributed by atoms with Gasteiger partial charge in [-0.05, 0) is 30.9 Å². The Hall–Kier alpha value is -3.51. The summed E-state index contributed by atoms with van der Waals surface area (Å²) in [5.41, 5.74) is 2.98. The van der Waals surface area contributed by atoms with Gasteiger partial charge >= 0.3 is 0 Å². The maximum absolute atomic E-state index is 14.9. The Bertz CT molecular complexity index is 1110. The van der Waals surface area contributed by atoms with Crippen LogP contribution in [0.25, 0.3) is 0 Å². The smallest absolute Gasteiger partial charge is 0.271 e. The third-order valence-corrected chi connectivity index (χ3v) is 6.92. The summed E-state index contributed by atoms with van der Waals surface area (Å²) >= 11 is 0. The zero-order chi connectivity index (χ0) is 27.1. The van der Waals surface area contributed by atoms with Crippen LogP contribution in [0.3, 0.4) is 0 Å². The van der Waals surface area contributed by atoms with E-state index in [2.05, 4.69) is 48.0 Å². The topological polar surface area (TPSA) is 131 Å². The number of aliphatic imine (C=N–C) groups is 1. The maximum Gasteiger partial charge on any atom is 0.271 e. The summed E-state index contributed by atoms with van der Waals surface area (Å²) in [6.07, 6.45) is 0.838. The molecule has 12 heteroatoms. The molecule has 2 amide bonds. The van der Waals surface area contributed by atoms with Crippen molar-refractivity contribution in [2.75, 3.05) is 46.5 Å². The van der Waals surface area contributed by atoms with Crippen LogP contribution in [0.5, 0.6) is 0 Å². The number of β-amino-alcohol motifs (C(OH)–C–C–N with tert-alkyl or cyclic N) is 1. The quantitative estimate of drug-likeness (QED) is 0.260. The molecular weight excluding hydrogens is 493 g/mol. The first-order valence-corrected chi connectivity index (χ1v) is 12.9. The van der Waals surface area contributed by atoms with Gasteiger partial charge in [0.05, 0.1) is 18.7 Å². The third kappa shape index (κ3) is 7.07. The van der Waals surface area contributed by atoms with Crippen molar-refractivity contribution >= 4 is 23.2 Å². The summed E-state index contributed by atoms with van der Waals surface area (Å²) in [5.74, 6) is -0.275. The van der Waals surface area contributed by atoms with Crippen LogP contribution in [0.2, 0.25) is 0 Å². The van der Waals surface area contributed by atoms with Crippen molar-refractivity contribution in [2.45, 2.75) is 44.6 Å². The average molecular weight is 530 g/mol. The summed E-state index contributed by atoms with van der Waals surface area (Å²) in [6.45, 7) is 4.19. The number of nitrogens with zero attached hydrogens (tertiary/aromatic N) is 4. The highest BCUT2D eigenvalue weighted by Crippen LogP contribution is 2.19. The molecule has 11 nitrogen and oxygen atoms in total. The van der Waals surface area contributed by atoms with E-state index in [1.54, 1.807) is 0 Å². The number of fused-ring (bicyclic) bond motifs is 1. The van der Waals surface area contributed by atoms with Crippen LogP contribution < -0.4 is 16.0 Å². The minimum atomic E-state index is -1.31. The van der Waals surface area contributed by atoms with Crippen molar-refractivity contribution in [3.8, 4) is 0 Å². The van der Waals surface area contributed by atoms with Gasteiger partial charge in [-0.3, -0.25) is 19.5 Å². The first kappa shape index (κ1) is 27.5. The summed E-state index contributed by atoms with van der Waals surface area (Å²) in [7, 11) is 1.35. The molecule has 206 valence electrons. The van der Waals surface area contributed by atoms with E-state index >= 15 is 0 Å². The summed E-state index contributed by atoms with van der Waals surface area (Å²) in [6, 6.07) is 7.78. The van der Waals surface area contributed by atoms with Crippen LogP contribution in [0.4, 0.5) is 4.39 Å². The number of aliphatic hydroxyl groups is 1. The summed E-state index contributed by atoms with van der Waals surface area (Å²) in [5, 5.41) is 23.0. The molecule has 3 aliphatic heterocycles. The van der Waals surface area contributed by atoms with E-state index in [1.165, 1.54) is 36.1 Å². The van der Waals surface area contributed by atoms with Gasteiger partial charge in [0, 0.05) is 38.8 Å². The highest BCUT2D eigenvalue weighted by Gasteiger charge is 2.33. The first-order chi connectivity index (χ1) is 18.3. The predicted molar refractivity (Wildman–Crippen MR) is 141 cm³/mol. The van der Waals surface area contributed by atoms with E-state index in [-0.39, 0.29) is 37.1 Å². The number of amides is 2. The second-order valence-electron chi connectivity index (χ2n) is 9.72. The predicted octanol–water partition coefficient (Wildman–Crippen LogP) is -0.0842. The zero-order valence-corrected chi connectivity index (χ0v) is 21.8. The molecule has 3 heterocycles. The van der Waals surface area contributed by atoms with Crippen molar-refractivity contribution in [1.82, 2.24) is 25.8 Å². The number of halogens is 1. The second-order valence-corrected chi connectivity index (χ2v) is 9.72. The number of likely N-dealkylation sites (tertiary alicyclic amines) is 1. The normalized spacial score (nSPS) is 22.8. The van der Waals surface area contributed by atoms with E-state index < -0.39 is 24.2 Å². The van der Waals surface area contributed by atoms with Crippen LogP contribution in [-0.2, 0) is 27.4 Å². The van der Waals surface area contributed by atoms with Gasteiger partial charge in [0.15, 0.2) is 0 Å². The Labute approximate surface area is 221 Å². The monoisotopic (exact) mass is 529 g/mol. The molecule has 38 heavy (non-hydrogen) atoms. The van der Waals surface area contributed by atoms with Gasteiger partial charge in [0.25, 0.3) is 11.8 Å². The second kappa shape index (κ2) is 12.8. The van der Waals surface area contributed by atoms with Gasteiger partial charge in [-0.25, -0.2) is 4.39 Å².